The van der Waals surface area contributed by atoms with Gasteiger partial charge in [0.15, 0.2) is 0 Å². The average molecular weight is 285 g/mol. The summed E-state index contributed by atoms with van der Waals surface area (Å²) < 4.78 is 0. The van der Waals surface area contributed by atoms with Crippen molar-refractivity contribution in [3.05, 3.63) is 57.3 Å². The van der Waals surface area contributed by atoms with E-state index in [9.17, 15) is 0 Å². The fourth-order valence-corrected chi connectivity index (χ4v) is 4.53. The standard InChI is InChI=1S/C18H23NS/c1-3-16-10-11-17(20-16)18(19-2)15-9-8-13-6-4-5-7-14(13)12-15/h4-7,10-11,15,18-19H,3,8-9,12H2,1-2H3. The van der Waals surface area contributed by atoms with E-state index in [-0.39, 0.29) is 0 Å². The van der Waals surface area contributed by atoms with Crippen LogP contribution in [0.3, 0.4) is 0 Å². The summed E-state index contributed by atoms with van der Waals surface area (Å²) in [6, 6.07) is 14.1. The van der Waals surface area contributed by atoms with Crippen LogP contribution in [0.5, 0.6) is 0 Å². The average Bonchev–Trinajstić information content (AvgIpc) is 2.97. The van der Waals surface area contributed by atoms with Gasteiger partial charge in [-0.05, 0) is 61.9 Å². The Morgan fingerprint density at radius 3 is 2.70 bits per heavy atom. The van der Waals surface area contributed by atoms with Crippen LogP contribution in [0.1, 0.15) is 40.3 Å². The summed E-state index contributed by atoms with van der Waals surface area (Å²) in [6.07, 6.45) is 4.88. The molecule has 0 spiro atoms. The van der Waals surface area contributed by atoms with E-state index >= 15 is 0 Å². The minimum absolute atomic E-state index is 0.508. The monoisotopic (exact) mass is 285 g/mol. The van der Waals surface area contributed by atoms with Gasteiger partial charge in [0.2, 0.25) is 0 Å². The van der Waals surface area contributed by atoms with Crippen molar-refractivity contribution in [3.8, 4) is 0 Å². The van der Waals surface area contributed by atoms with Gasteiger partial charge in [-0.1, -0.05) is 31.2 Å². The molecule has 0 radical (unpaired) electrons. The SMILES string of the molecule is CCc1ccc(C(NC)C2CCc3ccccc3C2)s1. The van der Waals surface area contributed by atoms with Crippen LogP contribution < -0.4 is 5.32 Å². The first-order valence-corrected chi connectivity index (χ1v) is 8.46. The molecule has 3 rings (SSSR count). The quantitative estimate of drug-likeness (QED) is 0.879. The highest BCUT2D eigenvalue weighted by atomic mass is 32.1. The van der Waals surface area contributed by atoms with E-state index in [4.69, 9.17) is 0 Å². The summed E-state index contributed by atoms with van der Waals surface area (Å²) in [5.74, 6) is 0.721. The molecule has 1 aliphatic rings. The molecule has 1 N–H and O–H groups in total. The maximum atomic E-state index is 3.57. The third-order valence-electron chi connectivity index (χ3n) is 4.50. The van der Waals surface area contributed by atoms with E-state index < -0.39 is 0 Å². The normalized spacial score (nSPS) is 19.6. The van der Waals surface area contributed by atoms with Crippen LogP contribution in [0.15, 0.2) is 36.4 Å². The van der Waals surface area contributed by atoms with E-state index in [1.807, 2.05) is 11.3 Å². The Labute approximate surface area is 126 Å². The summed E-state index contributed by atoms with van der Waals surface area (Å²) in [6.45, 7) is 2.24. The van der Waals surface area contributed by atoms with Crippen molar-refractivity contribution in [2.75, 3.05) is 7.05 Å². The Hall–Kier alpha value is -1.12. The number of hydrogen-bond donors (Lipinski definition) is 1. The molecule has 1 nitrogen and oxygen atoms in total. The highest BCUT2D eigenvalue weighted by molar-refractivity contribution is 7.12. The molecule has 2 heteroatoms. The molecule has 1 aromatic carbocycles. The molecule has 2 unspecified atom stereocenters. The lowest BCUT2D eigenvalue weighted by atomic mass is 9.79. The lowest BCUT2D eigenvalue weighted by molar-refractivity contribution is 0.346. The van der Waals surface area contributed by atoms with Crippen molar-refractivity contribution in [1.82, 2.24) is 5.32 Å². The van der Waals surface area contributed by atoms with Crippen molar-refractivity contribution < 1.29 is 0 Å². The zero-order chi connectivity index (χ0) is 13.9. The highest BCUT2D eigenvalue weighted by Crippen LogP contribution is 2.36. The van der Waals surface area contributed by atoms with Gasteiger partial charge in [0, 0.05) is 15.8 Å². The summed E-state index contributed by atoms with van der Waals surface area (Å²) in [5.41, 5.74) is 3.11. The van der Waals surface area contributed by atoms with Gasteiger partial charge in [-0.2, -0.15) is 0 Å². The molecule has 2 atom stereocenters. The fraction of sp³-hybridized carbons (Fsp3) is 0.444. The van der Waals surface area contributed by atoms with Gasteiger partial charge in [0.05, 0.1) is 0 Å². The van der Waals surface area contributed by atoms with E-state index in [1.54, 1.807) is 11.1 Å². The zero-order valence-corrected chi connectivity index (χ0v) is 13.2. The Bertz CT molecular complexity index is 572. The van der Waals surface area contributed by atoms with Crippen molar-refractivity contribution in [1.29, 1.82) is 0 Å². The number of aryl methyl sites for hydroxylation is 2. The second-order valence-electron chi connectivity index (χ2n) is 5.70. The van der Waals surface area contributed by atoms with Gasteiger partial charge >= 0.3 is 0 Å². The molecular formula is C18H23NS. The van der Waals surface area contributed by atoms with Crippen LogP contribution in [0, 0.1) is 5.92 Å². The first-order chi connectivity index (χ1) is 9.81. The van der Waals surface area contributed by atoms with Gasteiger partial charge in [-0.15, -0.1) is 11.3 Å². The van der Waals surface area contributed by atoms with Gasteiger partial charge in [0.1, 0.15) is 0 Å². The Morgan fingerprint density at radius 2 is 2.00 bits per heavy atom. The molecule has 0 amide bonds. The zero-order valence-electron chi connectivity index (χ0n) is 12.4. The predicted molar refractivity (Wildman–Crippen MR) is 87.5 cm³/mol. The predicted octanol–water partition coefficient (Wildman–Crippen LogP) is 4.38. The summed E-state index contributed by atoms with van der Waals surface area (Å²) in [7, 11) is 2.11. The number of nitrogens with one attached hydrogen (secondary N) is 1. The largest absolute Gasteiger partial charge is 0.312 e. The fourth-order valence-electron chi connectivity index (χ4n) is 3.37. The molecule has 2 aromatic rings. The van der Waals surface area contributed by atoms with Gasteiger partial charge < -0.3 is 5.32 Å². The minimum atomic E-state index is 0.508. The van der Waals surface area contributed by atoms with Crippen molar-refractivity contribution in [2.45, 2.75) is 38.6 Å². The highest BCUT2D eigenvalue weighted by Gasteiger charge is 2.27. The topological polar surface area (TPSA) is 12.0 Å². The maximum Gasteiger partial charge on any atom is 0.0444 e. The second kappa shape index (κ2) is 6.11. The third kappa shape index (κ3) is 2.68. The number of thiophene rings is 1. The number of fused-ring (bicyclic) bond motifs is 1. The van der Waals surface area contributed by atoms with Crippen LogP contribution in [0.4, 0.5) is 0 Å². The molecule has 20 heavy (non-hydrogen) atoms. The van der Waals surface area contributed by atoms with E-state index in [2.05, 4.69) is 55.7 Å². The van der Waals surface area contributed by atoms with E-state index in [1.165, 1.54) is 29.0 Å². The molecule has 1 heterocycles. The third-order valence-corrected chi connectivity index (χ3v) is 5.82. The molecule has 0 saturated heterocycles. The Morgan fingerprint density at radius 1 is 1.20 bits per heavy atom. The number of hydrogen-bond acceptors (Lipinski definition) is 2. The van der Waals surface area contributed by atoms with Gasteiger partial charge in [0.25, 0.3) is 0 Å². The van der Waals surface area contributed by atoms with Crippen LogP contribution in [-0.4, -0.2) is 7.05 Å². The smallest absolute Gasteiger partial charge is 0.0444 e. The lowest BCUT2D eigenvalue weighted by Gasteiger charge is -2.31. The number of rotatable bonds is 4. The summed E-state index contributed by atoms with van der Waals surface area (Å²) >= 11 is 1.98. The molecule has 0 bridgehead atoms. The first kappa shape index (κ1) is 13.8. The van der Waals surface area contributed by atoms with E-state index in [0.717, 1.165) is 12.3 Å². The molecule has 106 valence electrons. The molecular weight excluding hydrogens is 262 g/mol. The molecule has 0 saturated carbocycles. The Balaban J connectivity index is 1.81. The van der Waals surface area contributed by atoms with E-state index in [0.29, 0.717) is 6.04 Å². The van der Waals surface area contributed by atoms with Crippen molar-refractivity contribution in [3.63, 3.8) is 0 Å². The van der Waals surface area contributed by atoms with Crippen LogP contribution >= 0.6 is 11.3 Å². The summed E-state index contributed by atoms with van der Waals surface area (Å²) in [5, 5.41) is 3.57. The van der Waals surface area contributed by atoms with Crippen LogP contribution in [-0.2, 0) is 19.3 Å². The van der Waals surface area contributed by atoms with Crippen molar-refractivity contribution in [2.24, 2.45) is 5.92 Å². The first-order valence-electron chi connectivity index (χ1n) is 7.64. The van der Waals surface area contributed by atoms with Crippen LogP contribution in [0.25, 0.3) is 0 Å². The van der Waals surface area contributed by atoms with Crippen LogP contribution in [0.2, 0.25) is 0 Å². The minimum Gasteiger partial charge on any atom is -0.312 e. The van der Waals surface area contributed by atoms with Gasteiger partial charge in [-0.3, -0.25) is 0 Å². The molecule has 1 aliphatic carbocycles. The molecule has 1 aromatic heterocycles. The van der Waals surface area contributed by atoms with Gasteiger partial charge in [-0.25, -0.2) is 0 Å². The second-order valence-corrected chi connectivity index (χ2v) is 6.90. The Kier molecular flexibility index (Phi) is 4.23. The maximum absolute atomic E-state index is 3.57. The molecule has 0 fully saturated rings. The number of benzene rings is 1. The van der Waals surface area contributed by atoms with Crippen molar-refractivity contribution >= 4 is 11.3 Å². The summed E-state index contributed by atoms with van der Waals surface area (Å²) in [4.78, 5) is 3.00. The molecule has 0 aliphatic heterocycles. The lowest BCUT2D eigenvalue weighted by Crippen LogP contribution is -2.29.